The van der Waals surface area contributed by atoms with Crippen LogP contribution in [0.15, 0.2) is 18.2 Å². The van der Waals surface area contributed by atoms with Crippen LogP contribution in [0.3, 0.4) is 0 Å². The summed E-state index contributed by atoms with van der Waals surface area (Å²) in [6, 6.07) is 2.49. The maximum atomic E-state index is 12.2. The van der Waals surface area contributed by atoms with Gasteiger partial charge in [0.1, 0.15) is 5.71 Å². The Hall–Kier alpha value is -1.96. The summed E-state index contributed by atoms with van der Waals surface area (Å²) < 4.78 is 36.6. The number of terminal acetylenes is 1. The summed E-state index contributed by atoms with van der Waals surface area (Å²) in [5, 5.41) is 7.21. The Morgan fingerprint density at radius 3 is 2.40 bits per heavy atom. The van der Waals surface area contributed by atoms with Gasteiger partial charge >= 0.3 is 6.18 Å². The van der Waals surface area contributed by atoms with Gasteiger partial charge in [-0.15, -0.1) is 12.1 Å². The summed E-state index contributed by atoms with van der Waals surface area (Å²) in [5.74, 6) is 1.96. The van der Waals surface area contributed by atoms with E-state index >= 15 is 0 Å². The molecule has 0 aliphatic carbocycles. The highest BCUT2D eigenvalue weighted by Crippen LogP contribution is 2.32. The minimum absolute atomic E-state index is 0.0190. The predicted molar refractivity (Wildman–Crippen MR) is 51.1 cm³/mol. The van der Waals surface area contributed by atoms with Crippen LogP contribution in [-0.4, -0.2) is 5.71 Å². The summed E-state index contributed by atoms with van der Waals surface area (Å²) in [6.07, 6.45) is 0.437. The molecule has 2 nitrogen and oxygen atoms in total. The lowest BCUT2D eigenvalue weighted by atomic mass is 10.1. The van der Waals surface area contributed by atoms with Crippen LogP contribution in [0, 0.1) is 17.8 Å². The molecule has 2 N–H and O–H groups in total. The third-order valence-corrected chi connectivity index (χ3v) is 1.76. The summed E-state index contributed by atoms with van der Waals surface area (Å²) in [5.41, 5.74) is 5.70. The Morgan fingerprint density at radius 2 is 2.00 bits per heavy atom. The average Bonchev–Trinajstić information content (AvgIpc) is 2.15. The molecule has 5 heteroatoms. The second kappa shape index (κ2) is 3.65. The summed E-state index contributed by atoms with van der Waals surface area (Å²) >= 11 is 0. The molecule has 1 rings (SSSR count). The SMILES string of the molecule is C#CC(=N)c1ccc(C(F)(F)F)cc1[NH-]. The highest BCUT2D eigenvalue weighted by molar-refractivity contribution is 6.13. The van der Waals surface area contributed by atoms with Crippen molar-refractivity contribution >= 4 is 11.4 Å². The number of hydrogen-bond acceptors (Lipinski definition) is 1. The Balaban J connectivity index is 3.22. The standard InChI is InChI=1S/C10H6F3N2/c1-2-8(14)7-4-3-6(5-9(7)15)10(11,12)13/h1,3-5,14-15H/q-1. The van der Waals surface area contributed by atoms with E-state index in [1.54, 1.807) is 0 Å². The van der Waals surface area contributed by atoms with Crippen molar-refractivity contribution in [2.45, 2.75) is 6.18 Å². The molecule has 0 heterocycles. The third-order valence-electron chi connectivity index (χ3n) is 1.76. The highest BCUT2D eigenvalue weighted by Gasteiger charge is 2.30. The van der Waals surface area contributed by atoms with Crippen LogP contribution in [-0.2, 0) is 6.18 Å². The van der Waals surface area contributed by atoms with Crippen LogP contribution in [0.25, 0.3) is 5.73 Å². The van der Waals surface area contributed by atoms with Crippen LogP contribution in [0.1, 0.15) is 11.1 Å². The van der Waals surface area contributed by atoms with Gasteiger partial charge < -0.3 is 5.73 Å². The van der Waals surface area contributed by atoms with Crippen molar-refractivity contribution < 1.29 is 13.2 Å². The molecule has 0 fully saturated rings. The Morgan fingerprint density at radius 1 is 1.40 bits per heavy atom. The van der Waals surface area contributed by atoms with E-state index in [1.807, 2.05) is 5.92 Å². The van der Waals surface area contributed by atoms with E-state index in [1.165, 1.54) is 0 Å². The molecule has 0 amide bonds. The number of rotatable bonds is 1. The average molecular weight is 211 g/mol. The molecule has 0 unspecified atom stereocenters. The maximum absolute atomic E-state index is 12.2. The molecule has 0 radical (unpaired) electrons. The number of hydrogen-bond donors (Lipinski definition) is 1. The second-order valence-corrected chi connectivity index (χ2v) is 2.78. The van der Waals surface area contributed by atoms with Gasteiger partial charge in [-0.05, 0) is 11.6 Å². The largest absolute Gasteiger partial charge is 0.698 e. The van der Waals surface area contributed by atoms with Crippen LogP contribution >= 0.6 is 0 Å². The fraction of sp³-hybridized carbons (Fsp3) is 0.100. The van der Waals surface area contributed by atoms with E-state index in [2.05, 4.69) is 0 Å². The first-order valence-electron chi connectivity index (χ1n) is 3.84. The smallest absolute Gasteiger partial charge is 0.416 e. The lowest BCUT2D eigenvalue weighted by Crippen LogP contribution is -2.05. The lowest BCUT2D eigenvalue weighted by Gasteiger charge is -2.14. The molecule has 0 atom stereocenters. The van der Waals surface area contributed by atoms with E-state index in [-0.39, 0.29) is 11.3 Å². The molecular formula is C10H6F3N2-. The van der Waals surface area contributed by atoms with Gasteiger partial charge in [-0.1, -0.05) is 18.1 Å². The van der Waals surface area contributed by atoms with E-state index in [0.717, 1.165) is 12.1 Å². The zero-order valence-corrected chi connectivity index (χ0v) is 7.44. The molecule has 78 valence electrons. The molecule has 0 aliphatic heterocycles. The molecule has 1 aromatic carbocycles. The van der Waals surface area contributed by atoms with Crippen molar-refractivity contribution in [3.8, 4) is 12.3 Å². The minimum atomic E-state index is -4.48. The van der Waals surface area contributed by atoms with E-state index in [4.69, 9.17) is 17.6 Å². The fourth-order valence-electron chi connectivity index (χ4n) is 1.02. The lowest BCUT2D eigenvalue weighted by molar-refractivity contribution is -0.137. The fourth-order valence-corrected chi connectivity index (χ4v) is 1.02. The normalized spacial score (nSPS) is 10.8. The maximum Gasteiger partial charge on any atom is 0.416 e. The summed E-state index contributed by atoms with van der Waals surface area (Å²) in [7, 11) is 0. The van der Waals surface area contributed by atoms with Crippen LogP contribution in [0.5, 0.6) is 0 Å². The first-order chi connectivity index (χ1) is 6.86. The second-order valence-electron chi connectivity index (χ2n) is 2.78. The van der Waals surface area contributed by atoms with Crippen molar-refractivity contribution in [2.75, 3.05) is 0 Å². The Labute approximate surface area is 84.4 Å². The zero-order valence-electron chi connectivity index (χ0n) is 7.44. The van der Waals surface area contributed by atoms with Crippen LogP contribution < -0.4 is 0 Å². The van der Waals surface area contributed by atoms with Gasteiger partial charge in [-0.25, -0.2) is 0 Å². The molecule has 1 aromatic rings. The molecule has 15 heavy (non-hydrogen) atoms. The Bertz CT molecular complexity index is 441. The summed E-state index contributed by atoms with van der Waals surface area (Å²) in [6.45, 7) is 0. The molecule has 0 aliphatic rings. The monoisotopic (exact) mass is 211 g/mol. The van der Waals surface area contributed by atoms with Gasteiger partial charge in [0.15, 0.2) is 0 Å². The molecule has 0 saturated carbocycles. The van der Waals surface area contributed by atoms with Crippen LogP contribution in [0.4, 0.5) is 18.9 Å². The van der Waals surface area contributed by atoms with Gasteiger partial charge in [-0.3, -0.25) is 5.41 Å². The summed E-state index contributed by atoms with van der Waals surface area (Å²) in [4.78, 5) is 0. The third kappa shape index (κ3) is 2.29. The van der Waals surface area contributed by atoms with Gasteiger partial charge in [0.05, 0.1) is 5.56 Å². The number of nitrogens with one attached hydrogen (secondary N) is 2. The number of alkyl halides is 3. The van der Waals surface area contributed by atoms with Crippen molar-refractivity contribution in [1.82, 2.24) is 0 Å². The van der Waals surface area contributed by atoms with Gasteiger partial charge in [0.2, 0.25) is 0 Å². The first-order valence-corrected chi connectivity index (χ1v) is 3.84. The van der Waals surface area contributed by atoms with E-state index in [9.17, 15) is 13.2 Å². The molecule has 0 aromatic heterocycles. The van der Waals surface area contributed by atoms with Gasteiger partial charge in [0, 0.05) is 0 Å². The minimum Gasteiger partial charge on any atom is -0.698 e. The van der Waals surface area contributed by atoms with E-state index < -0.39 is 17.4 Å². The molecule has 0 saturated heterocycles. The topological polar surface area (TPSA) is 47.7 Å². The van der Waals surface area contributed by atoms with E-state index in [0.29, 0.717) is 6.07 Å². The Kier molecular flexibility index (Phi) is 2.71. The van der Waals surface area contributed by atoms with Crippen LogP contribution in [0.2, 0.25) is 0 Å². The quantitative estimate of drug-likeness (QED) is 0.546. The van der Waals surface area contributed by atoms with Gasteiger partial charge in [-0.2, -0.15) is 13.2 Å². The molecular weight excluding hydrogens is 205 g/mol. The highest BCUT2D eigenvalue weighted by atomic mass is 19.4. The van der Waals surface area contributed by atoms with Gasteiger partial charge in [0.25, 0.3) is 0 Å². The molecule has 0 spiro atoms. The van der Waals surface area contributed by atoms with Crippen molar-refractivity contribution in [2.24, 2.45) is 0 Å². The van der Waals surface area contributed by atoms with Crippen molar-refractivity contribution in [3.63, 3.8) is 0 Å². The van der Waals surface area contributed by atoms with Crippen molar-refractivity contribution in [3.05, 3.63) is 35.1 Å². The predicted octanol–water partition coefficient (Wildman–Crippen LogP) is 3.39. The van der Waals surface area contributed by atoms with Crippen molar-refractivity contribution in [1.29, 1.82) is 5.41 Å². The molecule has 0 bridgehead atoms. The zero-order chi connectivity index (χ0) is 11.6. The first kappa shape index (κ1) is 11.1. The number of benzene rings is 1. The number of halogens is 3.